The van der Waals surface area contributed by atoms with Crippen molar-refractivity contribution < 1.29 is 19.0 Å². The van der Waals surface area contributed by atoms with Crippen molar-refractivity contribution >= 4 is 17.5 Å². The van der Waals surface area contributed by atoms with Crippen molar-refractivity contribution in [3.63, 3.8) is 0 Å². The Morgan fingerprint density at radius 2 is 1.84 bits per heavy atom. The lowest BCUT2D eigenvalue weighted by Gasteiger charge is -2.19. The summed E-state index contributed by atoms with van der Waals surface area (Å²) < 4.78 is 17.6. The molecule has 32 heavy (non-hydrogen) atoms. The molecule has 1 atom stereocenters. The second-order valence-corrected chi connectivity index (χ2v) is 8.92. The first kappa shape index (κ1) is 25.0. The largest absolute Gasteiger partial charge is 0.511 e. The number of carbonyl (C=O) groups is 1. The number of nitriles is 1. The van der Waals surface area contributed by atoms with E-state index in [1.807, 2.05) is 51.1 Å². The van der Waals surface area contributed by atoms with Crippen LogP contribution in [0.4, 0.5) is 4.79 Å². The van der Waals surface area contributed by atoms with Gasteiger partial charge in [-0.25, -0.2) is 4.79 Å². The fourth-order valence-electron chi connectivity index (χ4n) is 2.99. The number of hydrogen-bond acceptors (Lipinski definition) is 6. The number of aryl methyl sites for hydroxylation is 2. The Bertz CT molecular complexity index is 992. The Morgan fingerprint density at radius 3 is 2.34 bits per heavy atom. The minimum absolute atomic E-state index is 0.00297. The monoisotopic (exact) mass is 439 g/mol. The molecule has 0 spiro atoms. The van der Waals surface area contributed by atoms with Crippen LogP contribution in [0.25, 0.3) is 11.3 Å². The quantitative estimate of drug-likeness (QED) is 0.231. The minimum atomic E-state index is -0.807. The van der Waals surface area contributed by atoms with Gasteiger partial charge in [0.25, 0.3) is 0 Å². The Kier molecular flexibility index (Phi) is 8.48. The summed E-state index contributed by atoms with van der Waals surface area (Å²) in [5.74, 6) is 0.534. The van der Waals surface area contributed by atoms with Gasteiger partial charge in [0.2, 0.25) is 6.79 Å². The number of carbonyl (C=O) groups excluding carboxylic acids is 1. The molecule has 1 unspecified atom stereocenters. The standard InChI is InChI=1S/C25H33N3O4/c1-8-17(2)15-30-24(29)32-16-31-23(22-13-18(3)27-28(22)7)21(14-26)19-9-11-20(12-10-19)25(4,5)6/h9-13,17H,8,15-16H2,1-7H3/b23-21-. The van der Waals surface area contributed by atoms with Gasteiger partial charge in [-0.3, -0.25) is 4.68 Å². The lowest BCUT2D eigenvalue weighted by molar-refractivity contribution is -0.0103. The SMILES string of the molecule is CCC(C)COC(=O)OCO/C(=C(/C#N)c1ccc(C(C)(C)C)cc1)c1cc(C)nn1C. The van der Waals surface area contributed by atoms with Gasteiger partial charge in [0.1, 0.15) is 17.3 Å². The van der Waals surface area contributed by atoms with E-state index in [1.165, 1.54) is 0 Å². The van der Waals surface area contributed by atoms with Crippen molar-refractivity contribution in [2.45, 2.75) is 53.4 Å². The fraction of sp³-hybridized carbons (Fsp3) is 0.480. The molecule has 0 N–H and O–H groups in total. The molecule has 2 rings (SSSR count). The molecule has 0 saturated carbocycles. The van der Waals surface area contributed by atoms with Crippen LogP contribution in [0.15, 0.2) is 30.3 Å². The normalized spacial score (nSPS) is 13.1. The summed E-state index contributed by atoms with van der Waals surface area (Å²) in [6.07, 6.45) is 0.0923. The first-order valence-corrected chi connectivity index (χ1v) is 10.8. The van der Waals surface area contributed by atoms with Gasteiger partial charge in [0.05, 0.1) is 12.3 Å². The van der Waals surface area contributed by atoms with Crippen LogP contribution < -0.4 is 0 Å². The molecule has 0 aliphatic heterocycles. The summed E-state index contributed by atoms with van der Waals surface area (Å²) in [6, 6.07) is 11.9. The maximum Gasteiger partial charge on any atom is 0.511 e. The molecule has 172 valence electrons. The van der Waals surface area contributed by atoms with Gasteiger partial charge in [0, 0.05) is 7.05 Å². The van der Waals surface area contributed by atoms with Crippen LogP contribution in [-0.2, 0) is 26.7 Å². The van der Waals surface area contributed by atoms with Gasteiger partial charge >= 0.3 is 6.16 Å². The van der Waals surface area contributed by atoms with Gasteiger partial charge < -0.3 is 14.2 Å². The zero-order chi connectivity index (χ0) is 23.9. The van der Waals surface area contributed by atoms with E-state index in [-0.39, 0.29) is 30.5 Å². The predicted molar refractivity (Wildman–Crippen MR) is 123 cm³/mol. The molecule has 2 aromatic rings. The zero-order valence-electron chi connectivity index (χ0n) is 20.1. The first-order chi connectivity index (χ1) is 15.1. The number of benzene rings is 1. The van der Waals surface area contributed by atoms with Gasteiger partial charge in [-0.1, -0.05) is 65.3 Å². The van der Waals surface area contributed by atoms with Gasteiger partial charge in [0.15, 0.2) is 5.76 Å². The molecule has 0 bridgehead atoms. The lowest BCUT2D eigenvalue weighted by atomic mass is 9.86. The van der Waals surface area contributed by atoms with E-state index in [1.54, 1.807) is 11.7 Å². The van der Waals surface area contributed by atoms with Crippen LogP contribution >= 0.6 is 0 Å². The van der Waals surface area contributed by atoms with E-state index >= 15 is 0 Å². The molecule has 1 heterocycles. The molecule has 0 fully saturated rings. The first-order valence-electron chi connectivity index (χ1n) is 10.8. The smallest absolute Gasteiger partial charge is 0.454 e. The highest BCUT2D eigenvalue weighted by Crippen LogP contribution is 2.30. The Hall–Kier alpha value is -3.27. The second-order valence-electron chi connectivity index (χ2n) is 8.92. The van der Waals surface area contributed by atoms with Crippen LogP contribution in [-0.4, -0.2) is 29.3 Å². The number of ether oxygens (including phenoxy) is 3. The number of aromatic nitrogens is 2. The van der Waals surface area contributed by atoms with Crippen LogP contribution in [0, 0.1) is 24.2 Å². The lowest BCUT2D eigenvalue weighted by Crippen LogP contribution is -2.15. The van der Waals surface area contributed by atoms with Crippen LogP contribution in [0.2, 0.25) is 0 Å². The second kappa shape index (κ2) is 10.9. The summed E-state index contributed by atoms with van der Waals surface area (Å²) >= 11 is 0. The number of allylic oxidation sites excluding steroid dienone is 1. The maximum atomic E-state index is 11.9. The summed E-state index contributed by atoms with van der Waals surface area (Å²) in [4.78, 5) is 11.9. The molecule has 7 heteroatoms. The van der Waals surface area contributed by atoms with E-state index in [0.29, 0.717) is 16.8 Å². The molecule has 0 radical (unpaired) electrons. The van der Waals surface area contributed by atoms with Gasteiger partial charge in [-0.2, -0.15) is 10.4 Å². The van der Waals surface area contributed by atoms with E-state index in [0.717, 1.165) is 17.7 Å². The molecule has 0 aliphatic carbocycles. The van der Waals surface area contributed by atoms with Crippen LogP contribution in [0.1, 0.15) is 63.6 Å². The van der Waals surface area contributed by atoms with Crippen molar-refractivity contribution in [2.24, 2.45) is 13.0 Å². The van der Waals surface area contributed by atoms with E-state index in [9.17, 15) is 10.1 Å². The maximum absolute atomic E-state index is 11.9. The molecule has 1 aromatic heterocycles. The highest BCUT2D eigenvalue weighted by molar-refractivity contribution is 5.94. The van der Waals surface area contributed by atoms with Crippen molar-refractivity contribution in [2.75, 3.05) is 13.4 Å². The number of nitrogens with zero attached hydrogens (tertiary/aromatic N) is 3. The van der Waals surface area contributed by atoms with Crippen molar-refractivity contribution in [3.8, 4) is 6.07 Å². The highest BCUT2D eigenvalue weighted by atomic mass is 16.8. The van der Waals surface area contributed by atoms with Crippen molar-refractivity contribution in [1.29, 1.82) is 5.26 Å². The average molecular weight is 440 g/mol. The minimum Gasteiger partial charge on any atom is -0.454 e. The van der Waals surface area contributed by atoms with Crippen molar-refractivity contribution in [3.05, 3.63) is 52.8 Å². The Labute approximate surface area is 190 Å². The summed E-state index contributed by atoms with van der Waals surface area (Å²) in [5, 5.41) is 14.3. The Balaban J connectivity index is 2.31. The number of rotatable bonds is 8. The molecule has 0 aliphatic rings. The Morgan fingerprint density at radius 1 is 1.19 bits per heavy atom. The fourth-order valence-corrected chi connectivity index (χ4v) is 2.99. The van der Waals surface area contributed by atoms with Crippen LogP contribution in [0.3, 0.4) is 0 Å². The molecule has 0 saturated heterocycles. The van der Waals surface area contributed by atoms with Gasteiger partial charge in [-0.15, -0.1) is 0 Å². The van der Waals surface area contributed by atoms with E-state index < -0.39 is 6.16 Å². The summed E-state index contributed by atoms with van der Waals surface area (Å²) in [6.45, 7) is 12.2. The van der Waals surface area contributed by atoms with Gasteiger partial charge in [-0.05, 0) is 35.4 Å². The third-order valence-corrected chi connectivity index (χ3v) is 5.18. The number of hydrogen-bond donors (Lipinski definition) is 0. The zero-order valence-corrected chi connectivity index (χ0v) is 20.1. The molecular weight excluding hydrogens is 406 g/mol. The molecule has 1 aromatic carbocycles. The van der Waals surface area contributed by atoms with E-state index in [4.69, 9.17) is 14.2 Å². The summed E-state index contributed by atoms with van der Waals surface area (Å²) in [7, 11) is 1.77. The molecular formula is C25H33N3O4. The van der Waals surface area contributed by atoms with E-state index in [2.05, 4.69) is 31.9 Å². The third kappa shape index (κ3) is 6.61. The summed E-state index contributed by atoms with van der Waals surface area (Å²) in [5.41, 5.74) is 3.56. The van der Waals surface area contributed by atoms with Crippen LogP contribution in [0.5, 0.6) is 0 Å². The highest BCUT2D eigenvalue weighted by Gasteiger charge is 2.20. The predicted octanol–water partition coefficient (Wildman–Crippen LogP) is 5.59. The third-order valence-electron chi connectivity index (χ3n) is 5.18. The molecule has 0 amide bonds. The van der Waals surface area contributed by atoms with Crippen molar-refractivity contribution in [1.82, 2.24) is 9.78 Å². The average Bonchev–Trinajstić information content (AvgIpc) is 3.08. The topological polar surface area (TPSA) is 86.4 Å². The molecule has 7 nitrogen and oxygen atoms in total.